The van der Waals surface area contributed by atoms with E-state index in [-0.39, 0.29) is 11.3 Å². The van der Waals surface area contributed by atoms with Crippen LogP contribution in [0.15, 0.2) is 54.1 Å². The van der Waals surface area contributed by atoms with E-state index in [9.17, 15) is 14.7 Å². The highest BCUT2D eigenvalue weighted by Gasteiger charge is 2.46. The molecule has 0 aliphatic carbocycles. The number of aliphatic hydroxyl groups is 1. The lowest BCUT2D eigenvalue weighted by Gasteiger charge is -2.31. The van der Waals surface area contributed by atoms with Gasteiger partial charge < -0.3 is 19.5 Å². The summed E-state index contributed by atoms with van der Waals surface area (Å²) in [7, 11) is 0. The summed E-state index contributed by atoms with van der Waals surface area (Å²) in [6, 6.07) is 13.2. The quantitative estimate of drug-likeness (QED) is 0.335. The van der Waals surface area contributed by atoms with Crippen LogP contribution in [0.25, 0.3) is 5.76 Å². The molecule has 186 valence electrons. The Kier molecular flexibility index (Phi) is 8.11. The zero-order valence-electron chi connectivity index (χ0n) is 20.1. The number of nitrogens with zero attached hydrogens (tertiary/aromatic N) is 2. The number of aliphatic hydroxyl groups excluding tert-OH is 1. The van der Waals surface area contributed by atoms with Crippen molar-refractivity contribution in [3.63, 3.8) is 0 Å². The van der Waals surface area contributed by atoms with Crippen LogP contribution in [0.5, 0.6) is 5.75 Å². The summed E-state index contributed by atoms with van der Waals surface area (Å²) in [4.78, 5) is 30.1. The zero-order chi connectivity index (χ0) is 24.9. The molecule has 2 aromatic rings. The number of Topliss-reactive ketones (excluding diaryl/α,β-unsaturated/α-hetero) is 1. The van der Waals surface area contributed by atoms with E-state index in [1.807, 2.05) is 0 Å². The third kappa shape index (κ3) is 5.86. The predicted molar refractivity (Wildman–Crippen MR) is 134 cm³/mol. The zero-order valence-corrected chi connectivity index (χ0v) is 20.8. The minimum atomic E-state index is -0.704. The van der Waals surface area contributed by atoms with Gasteiger partial charge >= 0.3 is 0 Å². The van der Waals surface area contributed by atoms with Crippen LogP contribution in [-0.2, 0) is 14.3 Å². The number of carbonyl (C=O) groups excluding carboxylic acids is 2. The number of ether oxygens (including phenoxy) is 2. The first-order valence-corrected chi connectivity index (χ1v) is 12.3. The van der Waals surface area contributed by atoms with Crippen molar-refractivity contribution in [2.24, 2.45) is 5.92 Å². The largest absolute Gasteiger partial charge is 0.507 e. The lowest BCUT2D eigenvalue weighted by molar-refractivity contribution is -0.140. The molecule has 2 saturated heterocycles. The van der Waals surface area contributed by atoms with Crippen molar-refractivity contribution in [2.75, 3.05) is 46.0 Å². The van der Waals surface area contributed by atoms with Gasteiger partial charge in [-0.1, -0.05) is 37.6 Å². The Labute approximate surface area is 210 Å². The van der Waals surface area contributed by atoms with Crippen LogP contribution in [0.3, 0.4) is 0 Å². The minimum Gasteiger partial charge on any atom is -0.507 e. The van der Waals surface area contributed by atoms with Crippen molar-refractivity contribution in [2.45, 2.75) is 19.9 Å². The number of carbonyl (C=O) groups is 2. The molecule has 2 aliphatic heterocycles. The first kappa shape index (κ1) is 25.2. The van der Waals surface area contributed by atoms with Gasteiger partial charge in [-0.2, -0.15) is 0 Å². The Morgan fingerprint density at radius 2 is 1.71 bits per heavy atom. The molecule has 2 aliphatic rings. The number of ketones is 1. The highest BCUT2D eigenvalue weighted by molar-refractivity contribution is 6.46. The average Bonchev–Trinajstić information content (AvgIpc) is 3.12. The molecule has 4 rings (SSSR count). The molecule has 1 atom stereocenters. The smallest absolute Gasteiger partial charge is 0.295 e. The number of hydrogen-bond acceptors (Lipinski definition) is 6. The number of morpholine rings is 1. The fourth-order valence-electron chi connectivity index (χ4n) is 4.30. The third-order valence-corrected chi connectivity index (χ3v) is 6.45. The fraction of sp³-hybridized carbons (Fsp3) is 0.407. The number of halogens is 1. The van der Waals surface area contributed by atoms with Crippen LogP contribution in [0.1, 0.15) is 31.0 Å². The van der Waals surface area contributed by atoms with Crippen molar-refractivity contribution in [1.29, 1.82) is 0 Å². The summed E-state index contributed by atoms with van der Waals surface area (Å²) < 4.78 is 11.1. The molecule has 0 bridgehead atoms. The Morgan fingerprint density at radius 1 is 1.06 bits per heavy atom. The van der Waals surface area contributed by atoms with Crippen molar-refractivity contribution >= 4 is 29.1 Å². The first-order valence-electron chi connectivity index (χ1n) is 11.9. The first-order chi connectivity index (χ1) is 16.8. The molecular weight excluding hydrogens is 468 g/mol. The molecule has 1 N–H and O–H groups in total. The molecule has 0 aromatic heterocycles. The van der Waals surface area contributed by atoms with Crippen molar-refractivity contribution in [3.8, 4) is 5.75 Å². The summed E-state index contributed by atoms with van der Waals surface area (Å²) in [5.74, 6) is -0.444. The molecular formula is C27H31ClN2O5. The fourth-order valence-corrected chi connectivity index (χ4v) is 4.43. The van der Waals surface area contributed by atoms with Crippen LogP contribution in [-0.4, -0.2) is 72.6 Å². The van der Waals surface area contributed by atoms with E-state index >= 15 is 0 Å². The summed E-state index contributed by atoms with van der Waals surface area (Å²) in [6.45, 7) is 8.54. The third-order valence-electron chi connectivity index (χ3n) is 6.20. The summed E-state index contributed by atoms with van der Waals surface area (Å²) in [5.41, 5.74) is 1.25. The van der Waals surface area contributed by atoms with E-state index < -0.39 is 17.7 Å². The number of hydrogen-bond donors (Lipinski definition) is 1. The Balaban J connectivity index is 1.66. The van der Waals surface area contributed by atoms with Crippen LogP contribution < -0.4 is 4.74 Å². The minimum absolute atomic E-state index is 0.0788. The van der Waals surface area contributed by atoms with Crippen molar-refractivity contribution < 1.29 is 24.2 Å². The summed E-state index contributed by atoms with van der Waals surface area (Å²) in [5, 5.41) is 11.8. The van der Waals surface area contributed by atoms with Gasteiger partial charge in [0.25, 0.3) is 11.7 Å². The van der Waals surface area contributed by atoms with Gasteiger partial charge in [-0.3, -0.25) is 14.5 Å². The number of benzene rings is 2. The summed E-state index contributed by atoms with van der Waals surface area (Å²) >= 11 is 6.09. The van der Waals surface area contributed by atoms with E-state index in [4.69, 9.17) is 21.1 Å². The van der Waals surface area contributed by atoms with Gasteiger partial charge in [-0.05, 0) is 47.9 Å². The van der Waals surface area contributed by atoms with E-state index in [1.54, 1.807) is 53.4 Å². The number of amides is 1. The molecule has 2 aromatic carbocycles. The van der Waals surface area contributed by atoms with Gasteiger partial charge in [-0.15, -0.1) is 0 Å². The molecule has 7 nitrogen and oxygen atoms in total. The standard InChI is InChI=1S/C27H31ClN2O5/c1-18(2)17-35-22-9-5-20(6-10-22)25(31)23-24(19-3-7-21(28)8-4-19)30(27(33)26(23)32)12-11-29-13-15-34-16-14-29/h3-10,18,24,31H,11-17H2,1-2H3/b25-23+/t24-/m0/s1. The Bertz CT molecular complexity index is 1080. The van der Waals surface area contributed by atoms with Gasteiger partial charge in [-0.25, -0.2) is 0 Å². The van der Waals surface area contributed by atoms with E-state index in [2.05, 4.69) is 18.7 Å². The highest BCUT2D eigenvalue weighted by atomic mass is 35.5. The Morgan fingerprint density at radius 3 is 2.34 bits per heavy atom. The second-order valence-electron chi connectivity index (χ2n) is 9.23. The van der Waals surface area contributed by atoms with Gasteiger partial charge in [0.2, 0.25) is 0 Å². The van der Waals surface area contributed by atoms with Gasteiger partial charge in [0.15, 0.2) is 0 Å². The maximum atomic E-state index is 13.2. The molecule has 35 heavy (non-hydrogen) atoms. The second-order valence-corrected chi connectivity index (χ2v) is 9.66. The van der Waals surface area contributed by atoms with Gasteiger partial charge in [0.05, 0.1) is 31.4 Å². The van der Waals surface area contributed by atoms with Crippen molar-refractivity contribution in [3.05, 3.63) is 70.3 Å². The molecule has 0 spiro atoms. The van der Waals surface area contributed by atoms with Gasteiger partial charge in [0.1, 0.15) is 11.5 Å². The molecule has 2 heterocycles. The maximum absolute atomic E-state index is 13.2. The van der Waals surface area contributed by atoms with Gasteiger partial charge in [0, 0.05) is 36.8 Å². The van der Waals surface area contributed by atoms with Crippen LogP contribution >= 0.6 is 11.6 Å². The molecule has 1 amide bonds. The van der Waals surface area contributed by atoms with E-state index in [0.717, 1.165) is 13.1 Å². The topological polar surface area (TPSA) is 79.3 Å². The highest BCUT2D eigenvalue weighted by Crippen LogP contribution is 2.39. The normalized spacial score (nSPS) is 20.6. The molecule has 0 radical (unpaired) electrons. The Hall–Kier alpha value is -2.87. The van der Waals surface area contributed by atoms with E-state index in [1.165, 1.54) is 0 Å². The van der Waals surface area contributed by atoms with Crippen molar-refractivity contribution in [1.82, 2.24) is 9.80 Å². The lowest BCUT2D eigenvalue weighted by Crippen LogP contribution is -2.42. The van der Waals surface area contributed by atoms with E-state index in [0.29, 0.717) is 60.7 Å². The van der Waals surface area contributed by atoms with Crippen LogP contribution in [0.4, 0.5) is 0 Å². The SMILES string of the molecule is CC(C)COc1ccc(/C(O)=C2\C(=O)C(=O)N(CCN3CCOCC3)[C@H]2c2ccc(Cl)cc2)cc1. The van der Waals surface area contributed by atoms with Crippen LogP contribution in [0, 0.1) is 5.92 Å². The predicted octanol–water partition coefficient (Wildman–Crippen LogP) is 4.13. The molecule has 2 fully saturated rings. The molecule has 8 heteroatoms. The maximum Gasteiger partial charge on any atom is 0.295 e. The second kappa shape index (κ2) is 11.2. The lowest BCUT2D eigenvalue weighted by atomic mass is 9.95. The average molecular weight is 499 g/mol. The monoisotopic (exact) mass is 498 g/mol. The number of rotatable bonds is 8. The van der Waals surface area contributed by atoms with Crippen LogP contribution in [0.2, 0.25) is 5.02 Å². The molecule has 0 unspecified atom stereocenters. The summed E-state index contributed by atoms with van der Waals surface area (Å²) in [6.07, 6.45) is 0. The number of likely N-dealkylation sites (tertiary alicyclic amines) is 1. The molecule has 0 saturated carbocycles.